The number of likely N-dealkylation sites (tertiary alicyclic amines) is 1. The molecule has 1 saturated heterocycles. The van der Waals surface area contributed by atoms with Crippen molar-refractivity contribution in [2.45, 2.75) is 25.7 Å². The second-order valence-electron chi connectivity index (χ2n) is 8.68. The minimum absolute atomic E-state index is 0.105. The lowest BCUT2D eigenvalue weighted by Gasteiger charge is -2.20. The van der Waals surface area contributed by atoms with Gasteiger partial charge in [-0.3, -0.25) is 9.69 Å². The molecule has 0 aliphatic carbocycles. The van der Waals surface area contributed by atoms with Crippen LogP contribution in [0.4, 0.5) is 0 Å². The average Bonchev–Trinajstić information content (AvgIpc) is 3.22. The summed E-state index contributed by atoms with van der Waals surface area (Å²) in [5.74, 6) is 2.35. The monoisotopic (exact) mass is 445 g/mol. The van der Waals surface area contributed by atoms with E-state index < -0.39 is 0 Å². The molecule has 1 aliphatic heterocycles. The summed E-state index contributed by atoms with van der Waals surface area (Å²) < 4.78 is 11.0. The summed E-state index contributed by atoms with van der Waals surface area (Å²) in [6, 6.07) is 18.1. The van der Waals surface area contributed by atoms with Gasteiger partial charge in [0.25, 0.3) is 5.56 Å². The molecule has 0 amide bonds. The zero-order valence-corrected chi connectivity index (χ0v) is 19.7. The zero-order valence-electron chi connectivity index (χ0n) is 19.7. The van der Waals surface area contributed by atoms with Crippen molar-refractivity contribution in [1.29, 1.82) is 0 Å². The van der Waals surface area contributed by atoms with Crippen LogP contribution in [0.15, 0.2) is 65.0 Å². The van der Waals surface area contributed by atoms with Crippen LogP contribution < -0.4 is 15.0 Å². The highest BCUT2D eigenvalue weighted by molar-refractivity contribution is 5.52. The number of hydrogen-bond donors (Lipinski definition) is 1. The van der Waals surface area contributed by atoms with Crippen molar-refractivity contribution in [2.24, 2.45) is 0 Å². The van der Waals surface area contributed by atoms with E-state index in [2.05, 4.69) is 53.2 Å². The highest BCUT2D eigenvalue weighted by Crippen LogP contribution is 2.41. The van der Waals surface area contributed by atoms with E-state index in [-0.39, 0.29) is 17.4 Å². The molecular weight excluding hydrogens is 414 g/mol. The van der Waals surface area contributed by atoms with Crippen LogP contribution in [0.3, 0.4) is 0 Å². The van der Waals surface area contributed by atoms with Gasteiger partial charge in [0.1, 0.15) is 5.82 Å². The molecule has 1 fully saturated rings. The number of rotatable bonds is 7. The van der Waals surface area contributed by atoms with Crippen LogP contribution in [0.5, 0.6) is 11.5 Å². The molecule has 0 saturated carbocycles. The SMILES string of the molecule is COc1ccc([C@@H]2CN(CC(C)=Cc3ccccc3)C[C@H]2c2cc(=O)[nH]c(C)n2)cc1OC. The quantitative estimate of drug-likeness (QED) is 0.585. The fourth-order valence-electron chi connectivity index (χ4n) is 4.76. The van der Waals surface area contributed by atoms with E-state index >= 15 is 0 Å². The minimum atomic E-state index is -0.109. The Bertz CT molecular complexity index is 1190. The van der Waals surface area contributed by atoms with Crippen LogP contribution in [0, 0.1) is 6.92 Å². The van der Waals surface area contributed by atoms with Crippen LogP contribution >= 0.6 is 0 Å². The van der Waals surface area contributed by atoms with Gasteiger partial charge >= 0.3 is 0 Å². The largest absolute Gasteiger partial charge is 0.493 e. The Morgan fingerprint density at radius 2 is 1.79 bits per heavy atom. The summed E-state index contributed by atoms with van der Waals surface area (Å²) in [7, 11) is 3.29. The highest BCUT2D eigenvalue weighted by atomic mass is 16.5. The number of ether oxygens (including phenoxy) is 2. The van der Waals surface area contributed by atoms with Gasteiger partial charge in [-0.25, -0.2) is 4.98 Å². The molecule has 0 spiro atoms. The Balaban J connectivity index is 1.65. The van der Waals surface area contributed by atoms with E-state index in [9.17, 15) is 4.79 Å². The van der Waals surface area contributed by atoms with Gasteiger partial charge in [0.05, 0.1) is 19.9 Å². The molecule has 1 N–H and O–H groups in total. The maximum atomic E-state index is 12.2. The molecular formula is C27H31N3O3. The molecule has 1 aromatic heterocycles. The molecule has 6 nitrogen and oxygen atoms in total. The van der Waals surface area contributed by atoms with Crippen molar-refractivity contribution in [2.75, 3.05) is 33.9 Å². The Kier molecular flexibility index (Phi) is 6.94. The van der Waals surface area contributed by atoms with Crippen LogP contribution in [0.1, 0.15) is 41.4 Å². The van der Waals surface area contributed by atoms with Gasteiger partial charge in [-0.1, -0.05) is 48.0 Å². The Labute approximate surface area is 194 Å². The summed E-state index contributed by atoms with van der Waals surface area (Å²) in [6.07, 6.45) is 2.23. The predicted molar refractivity (Wildman–Crippen MR) is 131 cm³/mol. The first-order chi connectivity index (χ1) is 16.0. The highest BCUT2D eigenvalue weighted by Gasteiger charge is 2.36. The molecule has 3 aromatic rings. The van der Waals surface area contributed by atoms with Crippen LogP contribution in [0.25, 0.3) is 6.08 Å². The fraction of sp³-hybridized carbons (Fsp3) is 0.333. The Morgan fingerprint density at radius 1 is 1.06 bits per heavy atom. The van der Waals surface area contributed by atoms with E-state index in [4.69, 9.17) is 14.5 Å². The normalized spacial score (nSPS) is 19.0. The topological polar surface area (TPSA) is 67.5 Å². The maximum Gasteiger partial charge on any atom is 0.251 e. The van der Waals surface area contributed by atoms with Crippen molar-refractivity contribution >= 4 is 6.08 Å². The molecule has 0 bridgehead atoms. The summed E-state index contributed by atoms with van der Waals surface area (Å²) in [5, 5.41) is 0. The van der Waals surface area contributed by atoms with Crippen molar-refractivity contribution in [3.63, 3.8) is 0 Å². The lowest BCUT2D eigenvalue weighted by atomic mass is 9.86. The Hall–Kier alpha value is -3.38. The molecule has 6 heteroatoms. The third-order valence-corrected chi connectivity index (χ3v) is 6.18. The van der Waals surface area contributed by atoms with Crippen molar-refractivity contribution in [3.05, 3.63) is 93.2 Å². The molecule has 4 rings (SSSR count). The lowest BCUT2D eigenvalue weighted by molar-refractivity contribution is 0.353. The lowest BCUT2D eigenvalue weighted by Crippen LogP contribution is -2.23. The number of aryl methyl sites for hydroxylation is 1. The molecule has 172 valence electrons. The number of methoxy groups -OCH3 is 2. The number of aromatic nitrogens is 2. The predicted octanol–water partition coefficient (Wildman–Crippen LogP) is 4.38. The minimum Gasteiger partial charge on any atom is -0.493 e. The van der Waals surface area contributed by atoms with Gasteiger partial charge in [0.15, 0.2) is 11.5 Å². The van der Waals surface area contributed by atoms with Crippen molar-refractivity contribution in [1.82, 2.24) is 14.9 Å². The average molecular weight is 446 g/mol. The molecule has 2 aromatic carbocycles. The van der Waals surface area contributed by atoms with Gasteiger partial charge in [-0.05, 0) is 37.1 Å². The first-order valence-electron chi connectivity index (χ1n) is 11.2. The molecule has 0 radical (unpaired) electrons. The van der Waals surface area contributed by atoms with E-state index in [1.807, 2.05) is 25.1 Å². The maximum absolute atomic E-state index is 12.2. The smallest absolute Gasteiger partial charge is 0.251 e. The van der Waals surface area contributed by atoms with Gasteiger partial charge in [-0.2, -0.15) is 0 Å². The molecule has 0 unspecified atom stereocenters. The first kappa shape index (κ1) is 22.8. The zero-order chi connectivity index (χ0) is 23.4. The molecule has 2 heterocycles. The number of nitrogens with zero attached hydrogens (tertiary/aromatic N) is 2. The van der Waals surface area contributed by atoms with Crippen LogP contribution in [0.2, 0.25) is 0 Å². The van der Waals surface area contributed by atoms with E-state index in [1.165, 1.54) is 11.1 Å². The van der Waals surface area contributed by atoms with Gasteiger partial charge < -0.3 is 14.5 Å². The molecule has 2 atom stereocenters. The third-order valence-electron chi connectivity index (χ3n) is 6.18. The summed E-state index contributed by atoms with van der Waals surface area (Å²) >= 11 is 0. The standard InChI is InChI=1S/C27H31N3O3/c1-18(12-20-8-6-5-7-9-20)15-30-16-22(21-10-11-25(32-3)26(13-21)33-4)23(17-30)24-14-27(31)29-19(2)28-24/h5-14,22-23H,15-17H2,1-4H3,(H,28,29,31)/t22-,23+/m0/s1. The number of nitrogens with one attached hydrogen (secondary N) is 1. The second kappa shape index (κ2) is 10.0. The van der Waals surface area contributed by atoms with Gasteiger partial charge in [0.2, 0.25) is 0 Å². The number of hydrogen-bond acceptors (Lipinski definition) is 5. The van der Waals surface area contributed by atoms with Crippen LogP contribution in [-0.4, -0.2) is 48.7 Å². The van der Waals surface area contributed by atoms with Crippen molar-refractivity contribution < 1.29 is 9.47 Å². The van der Waals surface area contributed by atoms with E-state index in [1.54, 1.807) is 20.3 Å². The van der Waals surface area contributed by atoms with E-state index in [0.29, 0.717) is 17.3 Å². The van der Waals surface area contributed by atoms with Gasteiger partial charge in [0, 0.05) is 37.5 Å². The third kappa shape index (κ3) is 5.34. The molecule has 1 aliphatic rings. The summed E-state index contributed by atoms with van der Waals surface area (Å²) in [6.45, 7) is 6.55. The Morgan fingerprint density at radius 3 is 2.48 bits per heavy atom. The van der Waals surface area contributed by atoms with Gasteiger partial charge in [-0.15, -0.1) is 0 Å². The second-order valence-corrected chi connectivity index (χ2v) is 8.68. The van der Waals surface area contributed by atoms with Crippen LogP contribution in [-0.2, 0) is 0 Å². The summed E-state index contributed by atoms with van der Waals surface area (Å²) in [4.78, 5) is 22.1. The number of aromatic amines is 1. The summed E-state index contributed by atoms with van der Waals surface area (Å²) in [5.41, 5.74) is 4.38. The van der Waals surface area contributed by atoms with E-state index in [0.717, 1.165) is 30.9 Å². The van der Waals surface area contributed by atoms with Crippen molar-refractivity contribution in [3.8, 4) is 11.5 Å². The fourth-order valence-corrected chi connectivity index (χ4v) is 4.76. The number of H-pyrrole nitrogens is 1. The molecule has 33 heavy (non-hydrogen) atoms. The number of benzene rings is 2. The first-order valence-corrected chi connectivity index (χ1v) is 11.2.